The number of hydrogen-bond donors (Lipinski definition) is 1. The number of benzene rings is 1. The number of nitrogens with zero attached hydrogens (tertiary/aromatic N) is 3. The Hall–Kier alpha value is -2.41. The van der Waals surface area contributed by atoms with Gasteiger partial charge in [-0.2, -0.15) is 4.98 Å². The first kappa shape index (κ1) is 16.1. The fourth-order valence-electron chi connectivity index (χ4n) is 3.32. The number of carbonyl (C=O) groups excluding carboxylic acids is 1. The number of anilines is 1. The summed E-state index contributed by atoms with van der Waals surface area (Å²) in [5.41, 5.74) is 2.05. The molecule has 132 valence electrons. The van der Waals surface area contributed by atoms with Gasteiger partial charge in [-0.25, -0.2) is 0 Å². The molecule has 2 aliphatic heterocycles. The monoisotopic (exact) mass is 342 g/mol. The minimum atomic E-state index is -0.358. The summed E-state index contributed by atoms with van der Waals surface area (Å²) in [6.45, 7) is 3.45. The second kappa shape index (κ2) is 7.23. The molecule has 1 N–H and O–H groups in total. The summed E-state index contributed by atoms with van der Waals surface area (Å²) in [6, 6.07) is 8.06. The van der Waals surface area contributed by atoms with E-state index in [2.05, 4.69) is 32.5 Å². The van der Waals surface area contributed by atoms with E-state index in [0.717, 1.165) is 38.1 Å². The molecule has 2 aromatic rings. The van der Waals surface area contributed by atoms with Crippen molar-refractivity contribution < 1.29 is 14.1 Å². The molecule has 0 aliphatic carbocycles. The molecule has 1 aromatic carbocycles. The first-order valence-corrected chi connectivity index (χ1v) is 8.88. The van der Waals surface area contributed by atoms with Crippen molar-refractivity contribution in [3.8, 4) is 11.4 Å². The van der Waals surface area contributed by atoms with Gasteiger partial charge in [-0.3, -0.25) is 4.79 Å². The Morgan fingerprint density at radius 3 is 2.72 bits per heavy atom. The Morgan fingerprint density at radius 2 is 2.00 bits per heavy atom. The number of hydrogen-bond acceptors (Lipinski definition) is 6. The quantitative estimate of drug-likeness (QED) is 0.898. The molecule has 2 fully saturated rings. The summed E-state index contributed by atoms with van der Waals surface area (Å²) in [5, 5.41) is 6.71. The predicted octanol–water partition coefficient (Wildman–Crippen LogP) is 2.25. The van der Waals surface area contributed by atoms with Gasteiger partial charge in [0.15, 0.2) is 0 Å². The van der Waals surface area contributed by atoms with Gasteiger partial charge in [0.05, 0.1) is 6.10 Å². The Labute approximate surface area is 146 Å². The fraction of sp³-hybridized carbons (Fsp3) is 0.500. The van der Waals surface area contributed by atoms with Gasteiger partial charge in [-0.05, 0) is 49.9 Å². The molecule has 1 amide bonds. The molecule has 0 radical (unpaired) electrons. The fourth-order valence-corrected chi connectivity index (χ4v) is 3.32. The maximum atomic E-state index is 12.1. The summed E-state index contributed by atoms with van der Waals surface area (Å²) in [7, 11) is 0. The summed E-state index contributed by atoms with van der Waals surface area (Å²) < 4.78 is 10.6. The van der Waals surface area contributed by atoms with Crippen molar-refractivity contribution in [1.82, 2.24) is 15.5 Å². The van der Waals surface area contributed by atoms with Crippen molar-refractivity contribution in [2.24, 2.45) is 0 Å². The maximum absolute atomic E-state index is 12.1. The Bertz CT molecular complexity index is 716. The number of rotatable bonds is 5. The van der Waals surface area contributed by atoms with Gasteiger partial charge in [-0.1, -0.05) is 5.16 Å². The van der Waals surface area contributed by atoms with Crippen LogP contribution in [0.1, 0.15) is 36.4 Å². The van der Waals surface area contributed by atoms with Crippen molar-refractivity contribution in [3.63, 3.8) is 0 Å². The first-order chi connectivity index (χ1) is 12.3. The highest BCUT2D eigenvalue weighted by Gasteiger charge is 2.20. The van der Waals surface area contributed by atoms with Crippen LogP contribution in [0.3, 0.4) is 0 Å². The first-order valence-electron chi connectivity index (χ1n) is 8.88. The SMILES string of the molecule is O=C(NCC1CCCO1)c1nc(-c2ccc(N3CCCC3)cc2)no1. The highest BCUT2D eigenvalue weighted by atomic mass is 16.5. The van der Waals surface area contributed by atoms with Crippen LogP contribution in [0.5, 0.6) is 0 Å². The summed E-state index contributed by atoms with van der Waals surface area (Å²) in [6.07, 6.45) is 4.59. The van der Waals surface area contributed by atoms with Crippen LogP contribution in [0.25, 0.3) is 11.4 Å². The van der Waals surface area contributed by atoms with Gasteiger partial charge >= 0.3 is 11.8 Å². The number of nitrogens with one attached hydrogen (secondary N) is 1. The van der Waals surface area contributed by atoms with Crippen molar-refractivity contribution in [2.75, 3.05) is 31.1 Å². The van der Waals surface area contributed by atoms with Crippen molar-refractivity contribution in [3.05, 3.63) is 30.2 Å². The third-order valence-electron chi connectivity index (χ3n) is 4.73. The molecule has 0 bridgehead atoms. The minimum absolute atomic E-state index is 0.0170. The highest BCUT2D eigenvalue weighted by Crippen LogP contribution is 2.24. The molecule has 25 heavy (non-hydrogen) atoms. The smallest absolute Gasteiger partial charge is 0.316 e. The lowest BCUT2D eigenvalue weighted by atomic mass is 10.2. The van der Waals surface area contributed by atoms with Gasteiger partial charge in [-0.15, -0.1) is 0 Å². The van der Waals surface area contributed by atoms with Gasteiger partial charge < -0.3 is 19.5 Å². The molecule has 4 rings (SSSR count). The van der Waals surface area contributed by atoms with E-state index in [1.165, 1.54) is 18.5 Å². The van der Waals surface area contributed by atoms with Crippen molar-refractivity contribution in [1.29, 1.82) is 0 Å². The third kappa shape index (κ3) is 3.66. The van der Waals surface area contributed by atoms with Crippen molar-refractivity contribution >= 4 is 11.6 Å². The molecule has 2 aliphatic rings. The van der Waals surface area contributed by atoms with Gasteiger partial charge in [0, 0.05) is 37.5 Å². The molecule has 0 spiro atoms. The predicted molar refractivity (Wildman–Crippen MR) is 92.5 cm³/mol. The van der Waals surface area contributed by atoms with Crippen LogP contribution >= 0.6 is 0 Å². The lowest BCUT2D eigenvalue weighted by Crippen LogP contribution is -2.31. The van der Waals surface area contributed by atoms with E-state index in [0.29, 0.717) is 12.4 Å². The van der Waals surface area contributed by atoms with Crippen LogP contribution < -0.4 is 10.2 Å². The number of ether oxygens (including phenoxy) is 1. The van der Waals surface area contributed by atoms with E-state index in [-0.39, 0.29) is 17.9 Å². The van der Waals surface area contributed by atoms with E-state index < -0.39 is 0 Å². The van der Waals surface area contributed by atoms with Crippen LogP contribution in [-0.2, 0) is 4.74 Å². The van der Waals surface area contributed by atoms with Crippen LogP contribution in [0.2, 0.25) is 0 Å². The molecule has 1 unspecified atom stereocenters. The highest BCUT2D eigenvalue weighted by molar-refractivity contribution is 5.89. The molecule has 1 aromatic heterocycles. The zero-order valence-electron chi connectivity index (χ0n) is 14.1. The number of carbonyl (C=O) groups is 1. The number of amides is 1. The molecule has 0 saturated carbocycles. The molecular formula is C18H22N4O3. The van der Waals surface area contributed by atoms with E-state index in [9.17, 15) is 4.79 Å². The average Bonchev–Trinajstić information content (AvgIpc) is 3.42. The van der Waals surface area contributed by atoms with E-state index >= 15 is 0 Å². The molecule has 1 atom stereocenters. The zero-order valence-corrected chi connectivity index (χ0v) is 14.1. The van der Waals surface area contributed by atoms with Gasteiger partial charge in [0.25, 0.3) is 0 Å². The second-order valence-corrected chi connectivity index (χ2v) is 6.51. The average molecular weight is 342 g/mol. The van der Waals surface area contributed by atoms with Crippen LogP contribution in [0, 0.1) is 0 Å². The molecule has 7 nitrogen and oxygen atoms in total. The molecule has 3 heterocycles. The second-order valence-electron chi connectivity index (χ2n) is 6.51. The minimum Gasteiger partial charge on any atom is -0.376 e. The Balaban J connectivity index is 1.39. The molecule has 7 heteroatoms. The molecule has 2 saturated heterocycles. The van der Waals surface area contributed by atoms with Crippen LogP contribution in [0.15, 0.2) is 28.8 Å². The van der Waals surface area contributed by atoms with Crippen LogP contribution in [-0.4, -0.2) is 48.4 Å². The number of aromatic nitrogens is 2. The summed E-state index contributed by atoms with van der Waals surface area (Å²) in [4.78, 5) is 18.7. The Morgan fingerprint density at radius 1 is 1.20 bits per heavy atom. The summed E-state index contributed by atoms with van der Waals surface area (Å²) in [5.74, 6) is 0.0507. The van der Waals surface area contributed by atoms with Gasteiger partial charge in [0.2, 0.25) is 5.82 Å². The lowest BCUT2D eigenvalue weighted by Gasteiger charge is -2.17. The standard InChI is InChI=1S/C18H22N4O3/c23-17(19-12-15-4-3-11-24-15)18-20-16(21-25-18)13-5-7-14(8-6-13)22-9-1-2-10-22/h5-8,15H,1-4,9-12H2,(H,19,23). The molecular weight excluding hydrogens is 320 g/mol. The van der Waals surface area contributed by atoms with Crippen LogP contribution in [0.4, 0.5) is 5.69 Å². The van der Waals surface area contributed by atoms with Gasteiger partial charge in [0.1, 0.15) is 0 Å². The topological polar surface area (TPSA) is 80.5 Å². The van der Waals surface area contributed by atoms with E-state index in [1.54, 1.807) is 0 Å². The largest absolute Gasteiger partial charge is 0.376 e. The van der Waals surface area contributed by atoms with Crippen molar-refractivity contribution in [2.45, 2.75) is 31.8 Å². The van der Waals surface area contributed by atoms with E-state index in [1.807, 2.05) is 12.1 Å². The lowest BCUT2D eigenvalue weighted by molar-refractivity contribution is 0.0822. The zero-order chi connectivity index (χ0) is 17.1. The maximum Gasteiger partial charge on any atom is 0.316 e. The Kier molecular flexibility index (Phi) is 4.65. The van der Waals surface area contributed by atoms with E-state index in [4.69, 9.17) is 9.26 Å². The normalized spacial score (nSPS) is 20.2. The summed E-state index contributed by atoms with van der Waals surface area (Å²) >= 11 is 0. The third-order valence-corrected chi connectivity index (χ3v) is 4.73.